The van der Waals surface area contributed by atoms with Gasteiger partial charge in [-0.25, -0.2) is 0 Å². The average Bonchev–Trinajstić information content (AvgIpc) is 2.94. The molecule has 1 aromatic carbocycles. The zero-order chi connectivity index (χ0) is 14.5. The zero-order valence-corrected chi connectivity index (χ0v) is 12.8. The minimum Gasteiger partial charge on any atom is -0.496 e. The zero-order valence-electron chi connectivity index (χ0n) is 12.8. The summed E-state index contributed by atoms with van der Waals surface area (Å²) in [6.45, 7) is 7.30. The number of benzene rings is 1. The Bertz CT molecular complexity index is 563. The van der Waals surface area contributed by atoms with Crippen molar-refractivity contribution in [3.63, 3.8) is 0 Å². The summed E-state index contributed by atoms with van der Waals surface area (Å²) in [5.41, 5.74) is 3.62. The van der Waals surface area contributed by atoms with E-state index in [1.54, 1.807) is 7.11 Å². The molecule has 1 heterocycles. The molecule has 0 aliphatic carbocycles. The summed E-state index contributed by atoms with van der Waals surface area (Å²) >= 11 is 0. The minimum absolute atomic E-state index is 0.360. The maximum atomic E-state index is 5.49. The van der Waals surface area contributed by atoms with Gasteiger partial charge in [0.15, 0.2) is 0 Å². The molecular weight excluding hydrogens is 250 g/mol. The van der Waals surface area contributed by atoms with Crippen LogP contribution in [0.15, 0.2) is 24.4 Å². The van der Waals surface area contributed by atoms with Crippen molar-refractivity contribution in [3.05, 3.63) is 41.2 Å². The van der Waals surface area contributed by atoms with Crippen LogP contribution in [-0.4, -0.2) is 22.1 Å². The smallest absolute Gasteiger partial charge is 0.122 e. The van der Waals surface area contributed by atoms with Crippen LogP contribution >= 0.6 is 0 Å². The minimum atomic E-state index is 0.360. The predicted molar refractivity (Wildman–Crippen MR) is 80.2 cm³/mol. The van der Waals surface area contributed by atoms with E-state index in [0.29, 0.717) is 5.92 Å². The van der Waals surface area contributed by atoms with Gasteiger partial charge in [-0.1, -0.05) is 31.2 Å². The van der Waals surface area contributed by atoms with Crippen LogP contribution in [0.4, 0.5) is 0 Å². The molecule has 0 radical (unpaired) electrons. The highest BCUT2D eigenvalue weighted by Crippen LogP contribution is 2.29. The van der Waals surface area contributed by atoms with Crippen LogP contribution < -0.4 is 4.74 Å². The average molecular weight is 273 g/mol. The van der Waals surface area contributed by atoms with Gasteiger partial charge in [-0.3, -0.25) is 4.68 Å². The molecule has 0 aliphatic heterocycles. The Morgan fingerprint density at radius 3 is 2.70 bits per heavy atom. The summed E-state index contributed by atoms with van der Waals surface area (Å²) in [5, 5.41) is 8.32. The van der Waals surface area contributed by atoms with Crippen LogP contribution in [-0.2, 0) is 19.4 Å². The number of ether oxygens (including phenoxy) is 1. The summed E-state index contributed by atoms with van der Waals surface area (Å²) in [4.78, 5) is 0. The molecule has 0 aliphatic rings. The third kappa shape index (κ3) is 3.18. The van der Waals surface area contributed by atoms with Crippen LogP contribution in [0.25, 0.3) is 0 Å². The Morgan fingerprint density at radius 1 is 1.30 bits per heavy atom. The summed E-state index contributed by atoms with van der Waals surface area (Å²) in [5.74, 6) is 1.32. The van der Waals surface area contributed by atoms with Crippen LogP contribution in [0, 0.1) is 0 Å². The molecule has 108 valence electrons. The molecule has 4 heteroatoms. The second-order valence-corrected chi connectivity index (χ2v) is 5.10. The Hall–Kier alpha value is -1.84. The fraction of sp³-hybridized carbons (Fsp3) is 0.500. The molecule has 0 amide bonds. The molecule has 0 fully saturated rings. The lowest BCUT2D eigenvalue weighted by atomic mass is 9.93. The number of hydrogen-bond acceptors (Lipinski definition) is 3. The topological polar surface area (TPSA) is 39.9 Å². The first-order chi connectivity index (χ1) is 9.67. The number of hydrogen-bond donors (Lipinski definition) is 0. The third-order valence-corrected chi connectivity index (χ3v) is 3.66. The summed E-state index contributed by atoms with van der Waals surface area (Å²) in [7, 11) is 1.73. The molecule has 0 saturated heterocycles. The Morgan fingerprint density at radius 2 is 2.10 bits per heavy atom. The second kappa shape index (κ2) is 6.55. The summed E-state index contributed by atoms with van der Waals surface area (Å²) in [6, 6.07) is 6.43. The highest BCUT2D eigenvalue weighted by Gasteiger charge is 2.14. The first kappa shape index (κ1) is 14.6. The molecule has 20 heavy (non-hydrogen) atoms. The van der Waals surface area contributed by atoms with Gasteiger partial charge in [-0.05, 0) is 42.9 Å². The Kier molecular flexibility index (Phi) is 4.77. The van der Waals surface area contributed by atoms with Crippen molar-refractivity contribution in [2.45, 2.75) is 46.1 Å². The standard InChI is InChI=1S/C16H23N3O/c1-5-13-7-8-16(20-4)15(10-13)12(3)9-14-11-19(6-2)18-17-14/h7-8,10-12H,5-6,9H2,1-4H3. The molecule has 4 nitrogen and oxygen atoms in total. The van der Waals surface area contributed by atoms with Gasteiger partial charge in [0.25, 0.3) is 0 Å². The number of aromatic nitrogens is 3. The first-order valence-corrected chi connectivity index (χ1v) is 7.23. The van der Waals surface area contributed by atoms with Gasteiger partial charge < -0.3 is 4.74 Å². The van der Waals surface area contributed by atoms with Crippen molar-refractivity contribution in [1.82, 2.24) is 15.0 Å². The van der Waals surface area contributed by atoms with Crippen LogP contribution in [0.3, 0.4) is 0 Å². The normalized spacial score (nSPS) is 12.4. The van der Waals surface area contributed by atoms with E-state index in [2.05, 4.69) is 49.3 Å². The number of nitrogens with zero attached hydrogens (tertiary/aromatic N) is 3. The quantitative estimate of drug-likeness (QED) is 0.811. The number of aryl methyl sites for hydroxylation is 2. The van der Waals surface area contributed by atoms with Gasteiger partial charge >= 0.3 is 0 Å². The van der Waals surface area contributed by atoms with Crippen molar-refractivity contribution in [2.75, 3.05) is 7.11 Å². The van der Waals surface area contributed by atoms with Crippen molar-refractivity contribution in [3.8, 4) is 5.75 Å². The molecule has 0 spiro atoms. The molecule has 1 aromatic heterocycles. The van der Waals surface area contributed by atoms with E-state index in [0.717, 1.165) is 30.8 Å². The van der Waals surface area contributed by atoms with Gasteiger partial charge in [0.1, 0.15) is 5.75 Å². The Labute approximate surface area is 120 Å². The van der Waals surface area contributed by atoms with Crippen molar-refractivity contribution in [2.24, 2.45) is 0 Å². The summed E-state index contributed by atoms with van der Waals surface area (Å²) < 4.78 is 7.35. The molecule has 0 saturated carbocycles. The first-order valence-electron chi connectivity index (χ1n) is 7.23. The molecule has 1 unspecified atom stereocenters. The maximum absolute atomic E-state index is 5.49. The van der Waals surface area contributed by atoms with E-state index < -0.39 is 0 Å². The predicted octanol–water partition coefficient (Wildman–Crippen LogP) is 3.22. The van der Waals surface area contributed by atoms with Crippen molar-refractivity contribution >= 4 is 0 Å². The van der Waals surface area contributed by atoms with Gasteiger partial charge in [0.2, 0.25) is 0 Å². The maximum Gasteiger partial charge on any atom is 0.122 e. The molecule has 2 aromatic rings. The summed E-state index contributed by atoms with van der Waals surface area (Å²) in [6.07, 6.45) is 3.94. The van der Waals surface area contributed by atoms with Gasteiger partial charge in [-0.2, -0.15) is 0 Å². The number of rotatable bonds is 6. The van der Waals surface area contributed by atoms with E-state index in [4.69, 9.17) is 4.74 Å². The van der Waals surface area contributed by atoms with Crippen molar-refractivity contribution in [1.29, 1.82) is 0 Å². The SMILES string of the molecule is CCc1ccc(OC)c(C(C)Cc2cn(CC)nn2)c1. The van der Waals surface area contributed by atoms with E-state index in [9.17, 15) is 0 Å². The van der Waals surface area contributed by atoms with E-state index >= 15 is 0 Å². The van der Waals surface area contributed by atoms with E-state index in [1.807, 2.05) is 10.9 Å². The molecule has 1 atom stereocenters. The highest BCUT2D eigenvalue weighted by molar-refractivity contribution is 5.40. The van der Waals surface area contributed by atoms with Crippen LogP contribution in [0.2, 0.25) is 0 Å². The largest absolute Gasteiger partial charge is 0.496 e. The molecular formula is C16H23N3O. The second-order valence-electron chi connectivity index (χ2n) is 5.10. The number of methoxy groups -OCH3 is 1. The van der Waals surface area contributed by atoms with Crippen LogP contribution in [0.1, 0.15) is 43.5 Å². The van der Waals surface area contributed by atoms with Crippen LogP contribution in [0.5, 0.6) is 5.75 Å². The highest BCUT2D eigenvalue weighted by atomic mass is 16.5. The lowest BCUT2D eigenvalue weighted by Gasteiger charge is -2.16. The van der Waals surface area contributed by atoms with E-state index in [-0.39, 0.29) is 0 Å². The molecule has 0 N–H and O–H groups in total. The lowest BCUT2D eigenvalue weighted by molar-refractivity contribution is 0.406. The monoisotopic (exact) mass is 273 g/mol. The lowest BCUT2D eigenvalue weighted by Crippen LogP contribution is -2.03. The molecule has 2 rings (SSSR count). The third-order valence-electron chi connectivity index (χ3n) is 3.66. The molecule has 0 bridgehead atoms. The Balaban J connectivity index is 2.20. The fourth-order valence-electron chi connectivity index (χ4n) is 2.40. The van der Waals surface area contributed by atoms with E-state index in [1.165, 1.54) is 11.1 Å². The van der Waals surface area contributed by atoms with Gasteiger partial charge in [-0.15, -0.1) is 5.10 Å². The van der Waals surface area contributed by atoms with Gasteiger partial charge in [0, 0.05) is 12.7 Å². The van der Waals surface area contributed by atoms with Crippen molar-refractivity contribution < 1.29 is 4.74 Å². The van der Waals surface area contributed by atoms with Gasteiger partial charge in [0.05, 0.1) is 12.8 Å². The fourth-order valence-corrected chi connectivity index (χ4v) is 2.40.